The molecule has 0 aliphatic carbocycles. The van der Waals surface area contributed by atoms with Crippen molar-refractivity contribution >= 4 is 12.1 Å². The van der Waals surface area contributed by atoms with Crippen molar-refractivity contribution in [1.29, 1.82) is 0 Å². The first-order valence-electron chi connectivity index (χ1n) is 13.1. The van der Waals surface area contributed by atoms with E-state index < -0.39 is 11.5 Å². The van der Waals surface area contributed by atoms with Crippen LogP contribution >= 0.6 is 0 Å². The van der Waals surface area contributed by atoms with Crippen LogP contribution in [0.25, 0.3) is 0 Å². The third-order valence-electron chi connectivity index (χ3n) is 7.75. The molecule has 0 saturated carbocycles. The van der Waals surface area contributed by atoms with E-state index in [4.69, 9.17) is 9.47 Å². The van der Waals surface area contributed by atoms with Crippen LogP contribution in [0.1, 0.15) is 29.5 Å². The summed E-state index contributed by atoms with van der Waals surface area (Å²) in [6.45, 7) is 1.64. The number of esters is 1. The topological polar surface area (TPSA) is 79.3 Å². The Hall–Kier alpha value is -3.68. The summed E-state index contributed by atoms with van der Waals surface area (Å²) in [5, 5.41) is 10.7. The number of piperidine rings is 2. The summed E-state index contributed by atoms with van der Waals surface area (Å²) in [6, 6.07) is 28.4. The molecule has 3 atom stereocenters. The van der Waals surface area contributed by atoms with Crippen molar-refractivity contribution in [2.45, 2.75) is 44.7 Å². The van der Waals surface area contributed by atoms with Gasteiger partial charge in [-0.05, 0) is 29.5 Å². The van der Waals surface area contributed by atoms with Gasteiger partial charge in [0.1, 0.15) is 19.3 Å². The number of fused-ring (bicyclic) bond motifs is 2. The fraction of sp³-hybridized carbons (Fsp3) is 0.355. The van der Waals surface area contributed by atoms with Crippen LogP contribution in [-0.4, -0.2) is 58.7 Å². The highest BCUT2D eigenvalue weighted by Gasteiger charge is 2.56. The zero-order valence-corrected chi connectivity index (χ0v) is 21.4. The Kier molecular flexibility index (Phi) is 8.05. The number of likely N-dealkylation sites (tertiary alicyclic amines) is 2. The minimum Gasteiger partial charge on any atom is -0.460 e. The van der Waals surface area contributed by atoms with E-state index in [0.29, 0.717) is 32.5 Å². The summed E-state index contributed by atoms with van der Waals surface area (Å²) in [5.41, 5.74) is 2.19. The predicted octanol–water partition coefficient (Wildman–Crippen LogP) is 4.39. The molecule has 7 nitrogen and oxygen atoms in total. The van der Waals surface area contributed by atoms with Gasteiger partial charge in [0, 0.05) is 31.1 Å². The average molecular weight is 515 g/mol. The predicted molar refractivity (Wildman–Crippen MR) is 143 cm³/mol. The Morgan fingerprint density at radius 2 is 1.37 bits per heavy atom. The van der Waals surface area contributed by atoms with Crippen molar-refractivity contribution in [2.24, 2.45) is 5.41 Å². The van der Waals surface area contributed by atoms with Gasteiger partial charge >= 0.3 is 12.1 Å². The second-order valence-corrected chi connectivity index (χ2v) is 10.3. The van der Waals surface area contributed by atoms with Gasteiger partial charge in [0.25, 0.3) is 0 Å². The van der Waals surface area contributed by atoms with Gasteiger partial charge in [-0.25, -0.2) is 4.79 Å². The Bertz CT molecular complexity index is 1210. The lowest BCUT2D eigenvalue weighted by atomic mass is 9.67. The Labute approximate surface area is 223 Å². The number of aliphatic hydroxyl groups excluding tert-OH is 1. The van der Waals surface area contributed by atoms with E-state index in [2.05, 4.69) is 4.90 Å². The lowest BCUT2D eigenvalue weighted by molar-refractivity contribution is -0.171. The van der Waals surface area contributed by atoms with Crippen LogP contribution < -0.4 is 0 Å². The van der Waals surface area contributed by atoms with Gasteiger partial charge in [0.05, 0.1) is 6.61 Å². The maximum atomic E-state index is 13.6. The van der Waals surface area contributed by atoms with Crippen molar-refractivity contribution in [3.8, 4) is 0 Å². The SMILES string of the molecule is O=C(OCc1ccccc1)C1N(Cc2ccccc2)CC2CC1(CO)CCN2C(=O)OCc1ccccc1. The zero-order chi connectivity index (χ0) is 26.4. The molecule has 0 aromatic heterocycles. The van der Waals surface area contributed by atoms with Crippen LogP contribution in [0.3, 0.4) is 0 Å². The van der Waals surface area contributed by atoms with E-state index in [0.717, 1.165) is 16.7 Å². The molecule has 1 N–H and O–H groups in total. The second-order valence-electron chi connectivity index (χ2n) is 10.3. The minimum atomic E-state index is -0.707. The number of carbonyl (C=O) groups excluding carboxylic acids is 2. The first kappa shape index (κ1) is 25.9. The third kappa shape index (κ3) is 5.74. The van der Waals surface area contributed by atoms with E-state index in [-0.39, 0.29) is 37.9 Å². The Morgan fingerprint density at radius 1 is 0.816 bits per heavy atom. The molecule has 2 aliphatic rings. The van der Waals surface area contributed by atoms with Crippen LogP contribution in [0.15, 0.2) is 91.0 Å². The molecule has 3 aromatic rings. The number of amides is 1. The number of rotatable bonds is 8. The summed E-state index contributed by atoms with van der Waals surface area (Å²) in [7, 11) is 0. The van der Waals surface area contributed by atoms with E-state index in [1.165, 1.54) is 0 Å². The van der Waals surface area contributed by atoms with Gasteiger partial charge in [-0.2, -0.15) is 0 Å². The highest BCUT2D eigenvalue weighted by Crippen LogP contribution is 2.45. The fourth-order valence-electron chi connectivity index (χ4n) is 5.84. The van der Waals surface area contributed by atoms with Gasteiger partial charge in [-0.3, -0.25) is 9.69 Å². The monoisotopic (exact) mass is 514 g/mol. The van der Waals surface area contributed by atoms with Crippen LogP contribution in [-0.2, 0) is 34.0 Å². The van der Waals surface area contributed by atoms with E-state index >= 15 is 0 Å². The van der Waals surface area contributed by atoms with Crippen molar-refractivity contribution in [3.05, 3.63) is 108 Å². The van der Waals surface area contributed by atoms with Crippen LogP contribution in [0, 0.1) is 5.41 Å². The molecule has 0 spiro atoms. The summed E-state index contributed by atoms with van der Waals surface area (Å²) in [4.78, 5) is 30.6. The molecule has 198 valence electrons. The van der Waals surface area contributed by atoms with Gasteiger partial charge in [0.2, 0.25) is 0 Å². The second kappa shape index (κ2) is 11.8. The van der Waals surface area contributed by atoms with Crippen molar-refractivity contribution < 1.29 is 24.2 Å². The normalized spacial score (nSPS) is 23.0. The standard InChI is InChI=1S/C31H34N2O5/c34-23-31-16-17-33(30(36)38-22-26-14-8-3-9-15-26)27(18-31)20-32(19-24-10-4-1-5-11-24)28(31)29(35)37-21-25-12-6-2-7-13-25/h1-15,27-28,34H,16-23H2. The molecule has 5 rings (SSSR count). The third-order valence-corrected chi connectivity index (χ3v) is 7.75. The molecular formula is C31H34N2O5. The molecule has 2 heterocycles. The molecule has 3 unspecified atom stereocenters. The van der Waals surface area contributed by atoms with Crippen LogP contribution in [0.5, 0.6) is 0 Å². The number of ether oxygens (including phenoxy) is 2. The first-order valence-corrected chi connectivity index (χ1v) is 13.1. The number of benzene rings is 3. The van der Waals surface area contributed by atoms with E-state index in [1.54, 1.807) is 4.90 Å². The molecule has 7 heteroatoms. The van der Waals surface area contributed by atoms with Crippen molar-refractivity contribution in [2.75, 3.05) is 19.7 Å². The maximum absolute atomic E-state index is 13.6. The summed E-state index contributed by atoms with van der Waals surface area (Å²) < 4.78 is 11.5. The number of hydrogen-bond donors (Lipinski definition) is 1. The summed E-state index contributed by atoms with van der Waals surface area (Å²) in [5.74, 6) is -0.336. The average Bonchev–Trinajstić information content (AvgIpc) is 2.96. The molecule has 2 fully saturated rings. The van der Waals surface area contributed by atoms with Gasteiger partial charge in [0.15, 0.2) is 0 Å². The zero-order valence-electron chi connectivity index (χ0n) is 21.4. The van der Waals surface area contributed by atoms with Gasteiger partial charge in [-0.1, -0.05) is 91.0 Å². The number of nitrogens with zero attached hydrogens (tertiary/aromatic N) is 2. The fourth-order valence-corrected chi connectivity index (χ4v) is 5.84. The van der Waals surface area contributed by atoms with Gasteiger partial charge in [-0.15, -0.1) is 0 Å². The minimum absolute atomic E-state index is 0.160. The molecule has 0 radical (unpaired) electrons. The summed E-state index contributed by atoms with van der Waals surface area (Å²) in [6.07, 6.45) is 0.632. The lowest BCUT2D eigenvalue weighted by Gasteiger charge is -2.56. The number of aliphatic hydroxyl groups is 1. The number of hydrogen-bond acceptors (Lipinski definition) is 6. The van der Waals surface area contributed by atoms with Crippen LogP contribution in [0.2, 0.25) is 0 Å². The quantitative estimate of drug-likeness (QED) is 0.449. The highest BCUT2D eigenvalue weighted by atomic mass is 16.6. The molecule has 2 aliphatic heterocycles. The first-order chi connectivity index (χ1) is 18.6. The maximum Gasteiger partial charge on any atom is 0.410 e. The number of carbonyl (C=O) groups is 2. The molecule has 2 bridgehead atoms. The molecule has 1 amide bonds. The van der Waals surface area contributed by atoms with E-state index in [9.17, 15) is 14.7 Å². The largest absolute Gasteiger partial charge is 0.460 e. The summed E-state index contributed by atoms with van der Waals surface area (Å²) >= 11 is 0. The molecule has 2 saturated heterocycles. The van der Waals surface area contributed by atoms with Crippen molar-refractivity contribution in [3.63, 3.8) is 0 Å². The van der Waals surface area contributed by atoms with Crippen LogP contribution in [0.4, 0.5) is 4.79 Å². The molecule has 3 aromatic carbocycles. The van der Waals surface area contributed by atoms with Crippen molar-refractivity contribution in [1.82, 2.24) is 9.80 Å². The lowest BCUT2D eigenvalue weighted by Crippen LogP contribution is -2.68. The van der Waals surface area contributed by atoms with Gasteiger partial charge < -0.3 is 19.5 Å². The molecule has 38 heavy (non-hydrogen) atoms. The molecular weight excluding hydrogens is 480 g/mol. The highest BCUT2D eigenvalue weighted by molar-refractivity contribution is 5.78. The van der Waals surface area contributed by atoms with E-state index in [1.807, 2.05) is 91.0 Å². The Morgan fingerprint density at radius 3 is 1.95 bits per heavy atom. The smallest absolute Gasteiger partial charge is 0.410 e. The Balaban J connectivity index is 1.35.